The molecule has 0 aliphatic heterocycles. The average molecular weight is 365 g/mol. The highest BCUT2D eigenvalue weighted by molar-refractivity contribution is 6.04. The minimum atomic E-state index is -0.951. The van der Waals surface area contributed by atoms with Crippen LogP contribution in [0.3, 0.4) is 0 Å². The van der Waals surface area contributed by atoms with Gasteiger partial charge in [-0.3, -0.25) is 9.78 Å². The number of pyridine rings is 2. The van der Waals surface area contributed by atoms with Crippen molar-refractivity contribution in [1.82, 2.24) is 9.97 Å². The van der Waals surface area contributed by atoms with Crippen LogP contribution >= 0.6 is 0 Å². The molecule has 0 saturated heterocycles. The molecule has 0 radical (unpaired) electrons. The predicted octanol–water partition coefficient (Wildman–Crippen LogP) is 4.54. The topological polar surface area (TPSA) is 64.1 Å². The maximum atomic E-state index is 14.1. The number of aromatic nitrogens is 2. The molecule has 138 valence electrons. The summed E-state index contributed by atoms with van der Waals surface area (Å²) in [5.74, 6) is 0.160. The summed E-state index contributed by atoms with van der Waals surface area (Å²) in [4.78, 5) is 20.6. The number of carbonyl (C=O) groups is 1. The first-order chi connectivity index (χ1) is 13.2. The minimum absolute atomic E-state index is 0.275. The van der Waals surface area contributed by atoms with Crippen molar-refractivity contribution in [3.8, 4) is 5.88 Å². The Hall–Kier alpha value is -3.02. The maximum absolute atomic E-state index is 14.1. The van der Waals surface area contributed by atoms with Crippen LogP contribution < -0.4 is 10.1 Å². The fourth-order valence-corrected chi connectivity index (χ4v) is 3.34. The van der Waals surface area contributed by atoms with Crippen molar-refractivity contribution in [2.24, 2.45) is 0 Å². The van der Waals surface area contributed by atoms with Gasteiger partial charge in [-0.05, 0) is 61.0 Å². The van der Waals surface area contributed by atoms with E-state index in [1.807, 2.05) is 18.2 Å². The highest BCUT2D eigenvalue weighted by Gasteiger charge is 2.27. The van der Waals surface area contributed by atoms with Gasteiger partial charge < -0.3 is 10.1 Å². The molecule has 0 bridgehead atoms. The van der Waals surface area contributed by atoms with Crippen LogP contribution in [0.2, 0.25) is 0 Å². The first-order valence-electron chi connectivity index (χ1n) is 9.12. The first-order valence-corrected chi connectivity index (χ1v) is 9.12. The summed E-state index contributed by atoms with van der Waals surface area (Å²) in [5.41, 5.74) is 0.999. The van der Waals surface area contributed by atoms with Crippen molar-refractivity contribution in [3.05, 3.63) is 60.6 Å². The van der Waals surface area contributed by atoms with Crippen LogP contribution in [0.5, 0.6) is 5.88 Å². The molecule has 4 rings (SSSR count). The largest absolute Gasteiger partial charge is 0.471 e. The molecule has 2 unspecified atom stereocenters. The third-order valence-corrected chi connectivity index (χ3v) is 4.77. The van der Waals surface area contributed by atoms with E-state index in [1.54, 1.807) is 36.7 Å². The zero-order chi connectivity index (χ0) is 18.6. The number of anilines is 1. The number of carbonyl (C=O) groups excluding carboxylic acids is 1. The molecule has 2 heterocycles. The van der Waals surface area contributed by atoms with Crippen LogP contribution in [0, 0.1) is 0 Å². The third kappa shape index (κ3) is 3.89. The van der Waals surface area contributed by atoms with Gasteiger partial charge in [0.25, 0.3) is 5.91 Å². The average Bonchev–Trinajstić information content (AvgIpc) is 2.70. The molecule has 3 aromatic rings. The number of fused-ring (bicyclic) bond motifs is 1. The number of amides is 1. The molecule has 1 saturated carbocycles. The van der Waals surface area contributed by atoms with Gasteiger partial charge >= 0.3 is 0 Å². The molecule has 1 amide bonds. The molecule has 0 spiro atoms. The van der Waals surface area contributed by atoms with Crippen LogP contribution in [0.1, 0.15) is 36.2 Å². The van der Waals surface area contributed by atoms with Crippen LogP contribution in [-0.4, -0.2) is 28.2 Å². The van der Waals surface area contributed by atoms with Crippen LogP contribution in [-0.2, 0) is 0 Å². The number of benzene rings is 1. The van der Waals surface area contributed by atoms with Gasteiger partial charge in [-0.1, -0.05) is 12.5 Å². The SMILES string of the molecule is O=C(Nc1ccc2c(OC3CCCCC3F)nccc2c1)c1ccccn1. The van der Waals surface area contributed by atoms with Crippen LogP contribution in [0.4, 0.5) is 10.1 Å². The lowest BCUT2D eigenvalue weighted by atomic mass is 9.96. The molecule has 1 fully saturated rings. The zero-order valence-corrected chi connectivity index (χ0v) is 14.8. The quantitative estimate of drug-likeness (QED) is 0.737. The zero-order valence-electron chi connectivity index (χ0n) is 14.8. The highest BCUT2D eigenvalue weighted by atomic mass is 19.1. The van der Waals surface area contributed by atoms with Crippen LogP contribution in [0.25, 0.3) is 10.8 Å². The van der Waals surface area contributed by atoms with Gasteiger partial charge in [-0.2, -0.15) is 0 Å². The van der Waals surface area contributed by atoms with Crippen LogP contribution in [0.15, 0.2) is 54.9 Å². The van der Waals surface area contributed by atoms with Gasteiger partial charge in [-0.15, -0.1) is 0 Å². The van der Waals surface area contributed by atoms with Crippen molar-refractivity contribution >= 4 is 22.4 Å². The summed E-state index contributed by atoms with van der Waals surface area (Å²) < 4.78 is 20.0. The Kier molecular flexibility index (Phi) is 4.96. The molecular formula is C21H20FN3O2. The van der Waals surface area contributed by atoms with E-state index in [0.717, 1.165) is 23.6 Å². The van der Waals surface area contributed by atoms with E-state index < -0.39 is 12.3 Å². The van der Waals surface area contributed by atoms with E-state index in [1.165, 1.54) is 0 Å². The molecule has 5 nitrogen and oxygen atoms in total. The molecule has 27 heavy (non-hydrogen) atoms. The normalized spacial score (nSPS) is 19.6. The predicted molar refractivity (Wildman–Crippen MR) is 102 cm³/mol. The minimum Gasteiger partial charge on any atom is -0.471 e. The number of alkyl halides is 1. The Morgan fingerprint density at radius 1 is 1.07 bits per heavy atom. The second-order valence-electron chi connectivity index (χ2n) is 6.68. The number of nitrogens with zero attached hydrogens (tertiary/aromatic N) is 2. The van der Waals surface area contributed by atoms with Gasteiger partial charge in [0.2, 0.25) is 5.88 Å². The second kappa shape index (κ2) is 7.70. The van der Waals surface area contributed by atoms with Gasteiger partial charge in [0.1, 0.15) is 18.0 Å². The Labute approximate surface area is 156 Å². The van der Waals surface area contributed by atoms with Crippen molar-refractivity contribution in [3.63, 3.8) is 0 Å². The number of nitrogens with one attached hydrogen (secondary N) is 1. The van der Waals surface area contributed by atoms with Crippen molar-refractivity contribution in [2.75, 3.05) is 5.32 Å². The summed E-state index contributed by atoms with van der Waals surface area (Å²) in [6.07, 6.45) is 4.94. The Morgan fingerprint density at radius 3 is 2.78 bits per heavy atom. The monoisotopic (exact) mass is 365 g/mol. The van der Waals surface area contributed by atoms with Gasteiger partial charge in [0.05, 0.1) is 0 Å². The van der Waals surface area contributed by atoms with Crippen molar-refractivity contribution < 1.29 is 13.9 Å². The highest BCUT2D eigenvalue weighted by Crippen LogP contribution is 2.30. The van der Waals surface area contributed by atoms with Gasteiger partial charge in [-0.25, -0.2) is 9.37 Å². The van der Waals surface area contributed by atoms with Crippen molar-refractivity contribution in [1.29, 1.82) is 0 Å². The fraction of sp³-hybridized carbons (Fsp3) is 0.286. The van der Waals surface area contributed by atoms with Crippen molar-refractivity contribution in [2.45, 2.75) is 38.0 Å². The maximum Gasteiger partial charge on any atom is 0.274 e. The summed E-state index contributed by atoms with van der Waals surface area (Å²) in [5, 5.41) is 4.50. The smallest absolute Gasteiger partial charge is 0.274 e. The fourth-order valence-electron chi connectivity index (χ4n) is 3.34. The molecule has 1 aromatic carbocycles. The van der Waals surface area contributed by atoms with E-state index in [2.05, 4.69) is 15.3 Å². The van der Waals surface area contributed by atoms with Gasteiger partial charge in [0.15, 0.2) is 0 Å². The number of hydrogen-bond acceptors (Lipinski definition) is 4. The lowest BCUT2D eigenvalue weighted by Crippen LogP contribution is -2.32. The summed E-state index contributed by atoms with van der Waals surface area (Å²) in [6, 6.07) is 12.5. The van der Waals surface area contributed by atoms with E-state index in [0.29, 0.717) is 30.1 Å². The number of rotatable bonds is 4. The molecule has 1 aliphatic rings. The molecule has 2 aromatic heterocycles. The lowest BCUT2D eigenvalue weighted by Gasteiger charge is -2.26. The number of hydrogen-bond donors (Lipinski definition) is 1. The first kappa shape index (κ1) is 17.4. The molecule has 6 heteroatoms. The second-order valence-corrected chi connectivity index (χ2v) is 6.68. The third-order valence-electron chi connectivity index (χ3n) is 4.77. The van der Waals surface area contributed by atoms with E-state index in [9.17, 15) is 9.18 Å². The molecule has 1 aliphatic carbocycles. The van der Waals surface area contributed by atoms with E-state index in [-0.39, 0.29) is 5.91 Å². The molecule has 2 atom stereocenters. The molecular weight excluding hydrogens is 345 g/mol. The van der Waals surface area contributed by atoms with Gasteiger partial charge in [0, 0.05) is 23.5 Å². The standard InChI is InChI=1S/C21H20FN3O2/c22-17-5-1-2-7-19(17)27-21-16-9-8-15(13-14(16)10-12-24-21)25-20(26)18-6-3-4-11-23-18/h3-4,6,8-13,17,19H,1-2,5,7H2,(H,25,26). The lowest BCUT2D eigenvalue weighted by molar-refractivity contribution is 0.0615. The summed E-state index contributed by atoms with van der Waals surface area (Å²) in [6.45, 7) is 0. The Bertz CT molecular complexity index is 949. The number of halogens is 1. The summed E-state index contributed by atoms with van der Waals surface area (Å²) >= 11 is 0. The number of ether oxygens (including phenoxy) is 1. The Balaban J connectivity index is 1.55. The van der Waals surface area contributed by atoms with E-state index >= 15 is 0 Å². The van der Waals surface area contributed by atoms with E-state index in [4.69, 9.17) is 4.74 Å². The molecule has 1 N–H and O–H groups in total. The Morgan fingerprint density at radius 2 is 1.96 bits per heavy atom. The summed E-state index contributed by atoms with van der Waals surface area (Å²) in [7, 11) is 0.